The molecule has 1 fully saturated rings. The SMILES string of the molecule is CCOP(=S)(OCC)OC1CCOC1=O. The monoisotopic (exact) mass is 254 g/mol. The van der Waals surface area contributed by atoms with Crippen molar-refractivity contribution in [2.24, 2.45) is 0 Å². The van der Waals surface area contributed by atoms with E-state index in [1.807, 2.05) is 0 Å². The summed E-state index contributed by atoms with van der Waals surface area (Å²) in [6.45, 7) is 2.01. The van der Waals surface area contributed by atoms with Crippen molar-refractivity contribution in [1.82, 2.24) is 0 Å². The van der Waals surface area contributed by atoms with E-state index < -0.39 is 12.8 Å². The zero-order chi connectivity index (χ0) is 11.3. The molecule has 1 saturated heterocycles. The molecule has 1 atom stereocenters. The summed E-state index contributed by atoms with van der Waals surface area (Å²) in [6.07, 6.45) is -0.119. The van der Waals surface area contributed by atoms with Crippen LogP contribution in [0.15, 0.2) is 0 Å². The molecule has 88 valence electrons. The Balaban J connectivity index is 2.57. The Hall–Kier alpha value is -0.000000000000000111. The highest BCUT2D eigenvalue weighted by molar-refractivity contribution is 8.07. The van der Waals surface area contributed by atoms with Crippen LogP contribution in [0.2, 0.25) is 0 Å². The van der Waals surface area contributed by atoms with Gasteiger partial charge in [-0.2, -0.15) is 0 Å². The van der Waals surface area contributed by atoms with Crippen molar-refractivity contribution in [2.45, 2.75) is 26.4 Å². The molecular weight excluding hydrogens is 239 g/mol. The molecule has 0 aromatic heterocycles. The van der Waals surface area contributed by atoms with Gasteiger partial charge in [0.2, 0.25) is 0 Å². The molecule has 0 bridgehead atoms. The second-order valence-corrected chi connectivity index (χ2v) is 5.80. The number of cyclic esters (lactones) is 1. The number of rotatable bonds is 6. The van der Waals surface area contributed by atoms with Crippen LogP contribution in [0.5, 0.6) is 0 Å². The fourth-order valence-electron chi connectivity index (χ4n) is 1.14. The van der Waals surface area contributed by atoms with E-state index in [9.17, 15) is 4.79 Å². The van der Waals surface area contributed by atoms with Gasteiger partial charge in [0, 0.05) is 6.42 Å². The van der Waals surface area contributed by atoms with Gasteiger partial charge in [0.15, 0.2) is 6.10 Å². The molecular formula is C8H15O5PS. The van der Waals surface area contributed by atoms with Crippen LogP contribution in [-0.2, 0) is 34.9 Å². The maximum Gasteiger partial charge on any atom is 0.335 e. The molecule has 0 saturated carbocycles. The van der Waals surface area contributed by atoms with Crippen LogP contribution in [-0.4, -0.2) is 31.9 Å². The predicted molar refractivity (Wildman–Crippen MR) is 58.0 cm³/mol. The minimum atomic E-state index is -2.77. The van der Waals surface area contributed by atoms with E-state index in [0.717, 1.165) is 0 Å². The first-order valence-electron chi connectivity index (χ1n) is 4.85. The number of carbonyl (C=O) groups is 1. The smallest absolute Gasteiger partial charge is 0.335 e. The first-order valence-corrected chi connectivity index (χ1v) is 7.41. The van der Waals surface area contributed by atoms with Crippen molar-refractivity contribution in [3.05, 3.63) is 0 Å². The van der Waals surface area contributed by atoms with E-state index >= 15 is 0 Å². The zero-order valence-corrected chi connectivity index (χ0v) is 10.5. The van der Waals surface area contributed by atoms with E-state index in [2.05, 4.69) is 0 Å². The van der Waals surface area contributed by atoms with Crippen LogP contribution in [0, 0.1) is 0 Å². The van der Waals surface area contributed by atoms with E-state index in [1.54, 1.807) is 13.8 Å². The lowest BCUT2D eigenvalue weighted by Gasteiger charge is -2.22. The molecule has 7 heteroatoms. The Kier molecular flexibility index (Phi) is 5.15. The Morgan fingerprint density at radius 3 is 2.47 bits per heavy atom. The molecule has 1 rings (SSSR count). The van der Waals surface area contributed by atoms with Gasteiger partial charge in [0.05, 0.1) is 19.8 Å². The number of ether oxygens (including phenoxy) is 1. The van der Waals surface area contributed by atoms with Gasteiger partial charge in [-0.1, -0.05) is 0 Å². The van der Waals surface area contributed by atoms with Gasteiger partial charge in [-0.05, 0) is 25.7 Å². The van der Waals surface area contributed by atoms with Gasteiger partial charge in [0.25, 0.3) is 0 Å². The van der Waals surface area contributed by atoms with Gasteiger partial charge < -0.3 is 13.8 Å². The summed E-state index contributed by atoms with van der Waals surface area (Å²) in [5, 5.41) is 0. The van der Waals surface area contributed by atoms with Crippen molar-refractivity contribution in [1.29, 1.82) is 0 Å². The van der Waals surface area contributed by atoms with Crippen molar-refractivity contribution in [2.75, 3.05) is 19.8 Å². The van der Waals surface area contributed by atoms with Crippen LogP contribution in [0.25, 0.3) is 0 Å². The van der Waals surface area contributed by atoms with Gasteiger partial charge >= 0.3 is 12.7 Å². The third-order valence-corrected chi connectivity index (χ3v) is 4.27. The van der Waals surface area contributed by atoms with Crippen molar-refractivity contribution < 1.29 is 23.1 Å². The van der Waals surface area contributed by atoms with E-state index in [4.69, 9.17) is 30.1 Å². The topological polar surface area (TPSA) is 54.0 Å². The Bertz CT molecular complexity index is 260. The number of carbonyl (C=O) groups excluding carboxylic acids is 1. The Morgan fingerprint density at radius 2 is 2.07 bits per heavy atom. The molecule has 1 aliphatic heterocycles. The maximum absolute atomic E-state index is 11.2. The minimum absolute atomic E-state index is 0.372. The van der Waals surface area contributed by atoms with Crippen molar-refractivity contribution >= 4 is 24.5 Å². The van der Waals surface area contributed by atoms with E-state index in [1.165, 1.54) is 0 Å². The van der Waals surface area contributed by atoms with Gasteiger partial charge in [-0.3, -0.25) is 4.52 Å². The van der Waals surface area contributed by atoms with Gasteiger partial charge in [-0.15, -0.1) is 0 Å². The highest BCUT2D eigenvalue weighted by atomic mass is 32.5. The summed E-state index contributed by atoms with van der Waals surface area (Å²) in [4.78, 5) is 11.2. The first kappa shape index (κ1) is 13.1. The molecule has 0 aliphatic carbocycles. The zero-order valence-electron chi connectivity index (χ0n) is 8.80. The third kappa shape index (κ3) is 3.81. The van der Waals surface area contributed by atoms with Crippen LogP contribution in [0.1, 0.15) is 20.3 Å². The summed E-state index contributed by atoms with van der Waals surface area (Å²) in [5.74, 6) is -0.386. The van der Waals surface area contributed by atoms with Crippen LogP contribution in [0.3, 0.4) is 0 Å². The quantitative estimate of drug-likeness (QED) is 0.530. The fourth-order valence-corrected chi connectivity index (χ4v) is 3.42. The number of esters is 1. The van der Waals surface area contributed by atoms with Gasteiger partial charge in [-0.25, -0.2) is 4.79 Å². The largest absolute Gasteiger partial charge is 0.464 e. The lowest BCUT2D eigenvalue weighted by molar-refractivity contribution is -0.144. The average Bonchev–Trinajstić information content (AvgIpc) is 2.52. The molecule has 1 aliphatic rings. The maximum atomic E-state index is 11.2. The normalized spacial score (nSPS) is 21.7. The van der Waals surface area contributed by atoms with Gasteiger partial charge in [0.1, 0.15) is 0 Å². The molecule has 1 heterocycles. The summed E-state index contributed by atoms with van der Waals surface area (Å²) >= 11 is 5.13. The summed E-state index contributed by atoms with van der Waals surface area (Å²) in [5.41, 5.74) is 0. The van der Waals surface area contributed by atoms with Crippen LogP contribution in [0.4, 0.5) is 0 Å². The van der Waals surface area contributed by atoms with Crippen molar-refractivity contribution in [3.8, 4) is 0 Å². The Morgan fingerprint density at radius 1 is 1.47 bits per heavy atom. The fraction of sp³-hybridized carbons (Fsp3) is 0.875. The second-order valence-electron chi connectivity index (χ2n) is 2.83. The number of hydrogen-bond donors (Lipinski definition) is 0. The standard InChI is InChI=1S/C8H15O5PS/c1-3-11-14(15,12-4-2)13-7-5-6-10-8(7)9/h7H,3-6H2,1-2H3. The minimum Gasteiger partial charge on any atom is -0.464 e. The number of hydrogen-bond acceptors (Lipinski definition) is 6. The average molecular weight is 254 g/mol. The van der Waals surface area contributed by atoms with Crippen molar-refractivity contribution in [3.63, 3.8) is 0 Å². The molecule has 0 N–H and O–H groups in total. The molecule has 15 heavy (non-hydrogen) atoms. The highest BCUT2D eigenvalue weighted by Gasteiger charge is 2.34. The lowest BCUT2D eigenvalue weighted by Crippen LogP contribution is -2.18. The molecule has 0 amide bonds. The second kappa shape index (κ2) is 5.92. The highest BCUT2D eigenvalue weighted by Crippen LogP contribution is 2.51. The van der Waals surface area contributed by atoms with E-state index in [0.29, 0.717) is 26.2 Å². The summed E-state index contributed by atoms with van der Waals surface area (Å²) in [7, 11) is 0. The summed E-state index contributed by atoms with van der Waals surface area (Å²) in [6, 6.07) is 0. The Labute approximate surface area is 94.3 Å². The van der Waals surface area contributed by atoms with Crippen LogP contribution >= 0.6 is 6.72 Å². The first-order chi connectivity index (χ1) is 7.11. The molecule has 0 aromatic rings. The van der Waals surface area contributed by atoms with Crippen LogP contribution < -0.4 is 0 Å². The molecule has 0 spiro atoms. The molecule has 1 unspecified atom stereocenters. The molecule has 0 aromatic carbocycles. The lowest BCUT2D eigenvalue weighted by atomic mass is 10.3. The van der Waals surface area contributed by atoms with E-state index in [-0.39, 0.29) is 5.97 Å². The molecule has 5 nitrogen and oxygen atoms in total. The third-order valence-electron chi connectivity index (χ3n) is 1.72. The predicted octanol–water partition coefficient (Wildman–Crippen LogP) is 1.62. The summed E-state index contributed by atoms with van der Waals surface area (Å²) < 4.78 is 20.7. The molecule has 0 radical (unpaired) electrons.